The van der Waals surface area contributed by atoms with Crippen LogP contribution in [0.25, 0.3) is 0 Å². The van der Waals surface area contributed by atoms with E-state index in [0.29, 0.717) is 4.90 Å². The van der Waals surface area contributed by atoms with Crippen LogP contribution in [0, 0.1) is 10.1 Å². The van der Waals surface area contributed by atoms with E-state index < -0.39 is 44.1 Å². The molecule has 1 aromatic rings. The Morgan fingerprint density at radius 1 is 1.48 bits per heavy atom. The quantitative estimate of drug-likeness (QED) is 0.337. The zero-order valence-electron chi connectivity index (χ0n) is 11.8. The Hall–Kier alpha value is -2.18. The Balaban J connectivity index is 3.10. The molecule has 0 fully saturated rings. The maximum absolute atomic E-state index is 11.9. The molecule has 23 heavy (non-hydrogen) atoms. The molecule has 1 aromatic carbocycles. The first-order valence-electron chi connectivity index (χ1n) is 5.93. The zero-order chi connectivity index (χ0) is 17.8. The molecule has 0 spiro atoms. The van der Waals surface area contributed by atoms with Crippen LogP contribution in [0.1, 0.15) is 10.4 Å². The highest BCUT2D eigenvalue weighted by molar-refractivity contribution is 7.99. The molecule has 1 rings (SSSR count). The molecule has 0 heterocycles. The molecule has 0 aliphatic carbocycles. The van der Waals surface area contributed by atoms with E-state index in [0.717, 1.165) is 30.2 Å². The SMILES string of the molecule is CS(=O)(=O)NC(=O)c1cc(SCC(N)C(=O)O)ccc1[N+](=O)[O-]. The van der Waals surface area contributed by atoms with Crippen LogP contribution in [0.3, 0.4) is 0 Å². The minimum absolute atomic E-state index is 0.0275. The molecule has 0 saturated heterocycles. The highest BCUT2D eigenvalue weighted by atomic mass is 32.2. The Morgan fingerprint density at radius 2 is 2.09 bits per heavy atom. The number of aliphatic carboxylic acids is 1. The fourth-order valence-corrected chi connectivity index (χ4v) is 2.75. The topological polar surface area (TPSA) is 170 Å². The summed E-state index contributed by atoms with van der Waals surface area (Å²) >= 11 is 0.969. The number of nitro groups is 1. The number of nitro benzene ring substituents is 1. The van der Waals surface area contributed by atoms with Gasteiger partial charge in [0.25, 0.3) is 11.6 Å². The molecule has 10 nitrogen and oxygen atoms in total. The van der Waals surface area contributed by atoms with Gasteiger partial charge in [-0.05, 0) is 12.1 Å². The van der Waals surface area contributed by atoms with Crippen molar-refractivity contribution in [2.24, 2.45) is 5.73 Å². The zero-order valence-corrected chi connectivity index (χ0v) is 13.4. The third-order valence-corrected chi connectivity index (χ3v) is 4.10. The highest BCUT2D eigenvalue weighted by Crippen LogP contribution is 2.26. The second kappa shape index (κ2) is 7.39. The van der Waals surface area contributed by atoms with Crippen LogP contribution in [0.5, 0.6) is 0 Å². The van der Waals surface area contributed by atoms with Crippen LogP contribution in [0.4, 0.5) is 5.69 Å². The van der Waals surface area contributed by atoms with Gasteiger partial charge in [0.05, 0.1) is 11.2 Å². The van der Waals surface area contributed by atoms with E-state index in [-0.39, 0.29) is 5.75 Å². The van der Waals surface area contributed by atoms with Crippen molar-refractivity contribution in [2.45, 2.75) is 10.9 Å². The van der Waals surface area contributed by atoms with E-state index in [1.807, 2.05) is 0 Å². The number of sulfonamides is 1. The number of carboxylic acid groups (broad SMARTS) is 1. The van der Waals surface area contributed by atoms with Crippen LogP contribution in [-0.2, 0) is 14.8 Å². The number of benzene rings is 1. The highest BCUT2D eigenvalue weighted by Gasteiger charge is 2.23. The molecule has 1 amide bonds. The van der Waals surface area contributed by atoms with Gasteiger partial charge in [0.2, 0.25) is 10.0 Å². The standard InChI is InChI=1S/C11H13N3O7S2/c1-23(20,21)13-10(15)7-4-6(2-3-9(7)14(18)19)22-5-8(12)11(16)17/h2-4,8H,5,12H2,1H3,(H,13,15)(H,16,17). The summed E-state index contributed by atoms with van der Waals surface area (Å²) in [5, 5.41) is 19.6. The Labute approximate surface area is 135 Å². The molecule has 4 N–H and O–H groups in total. The molecule has 0 saturated carbocycles. The number of carboxylic acids is 1. The summed E-state index contributed by atoms with van der Waals surface area (Å²) in [6, 6.07) is 2.31. The summed E-state index contributed by atoms with van der Waals surface area (Å²) in [7, 11) is -3.89. The van der Waals surface area contributed by atoms with Crippen molar-refractivity contribution in [3.63, 3.8) is 0 Å². The van der Waals surface area contributed by atoms with Gasteiger partial charge in [-0.1, -0.05) is 0 Å². The van der Waals surface area contributed by atoms with Gasteiger partial charge >= 0.3 is 5.97 Å². The lowest BCUT2D eigenvalue weighted by atomic mass is 10.2. The summed E-state index contributed by atoms with van der Waals surface area (Å²) in [5.41, 5.74) is 4.32. The molecule has 1 unspecified atom stereocenters. The maximum Gasteiger partial charge on any atom is 0.321 e. The van der Waals surface area contributed by atoms with Gasteiger partial charge in [0, 0.05) is 16.7 Å². The molecule has 0 aromatic heterocycles. The van der Waals surface area contributed by atoms with Crippen molar-refractivity contribution in [3.8, 4) is 0 Å². The van der Waals surface area contributed by atoms with Crippen molar-refractivity contribution in [1.82, 2.24) is 4.72 Å². The van der Waals surface area contributed by atoms with Gasteiger partial charge in [-0.15, -0.1) is 11.8 Å². The van der Waals surface area contributed by atoms with Crippen LogP contribution >= 0.6 is 11.8 Å². The molecule has 12 heteroatoms. The second-order valence-electron chi connectivity index (χ2n) is 4.40. The largest absolute Gasteiger partial charge is 0.480 e. The van der Waals surface area contributed by atoms with Gasteiger partial charge in [-0.3, -0.25) is 19.7 Å². The number of carbonyl (C=O) groups is 2. The summed E-state index contributed by atoms with van der Waals surface area (Å²) in [5.74, 6) is -2.39. The molecular weight excluding hydrogens is 350 g/mol. The van der Waals surface area contributed by atoms with Gasteiger partial charge in [0.15, 0.2) is 0 Å². The molecule has 126 valence electrons. The minimum atomic E-state index is -3.89. The van der Waals surface area contributed by atoms with Crippen molar-refractivity contribution in [1.29, 1.82) is 0 Å². The molecule has 0 bridgehead atoms. The Bertz CT molecular complexity index is 748. The van der Waals surface area contributed by atoms with E-state index in [1.165, 1.54) is 6.07 Å². The normalized spacial score (nSPS) is 12.4. The molecule has 0 aliphatic heterocycles. The first-order valence-corrected chi connectivity index (χ1v) is 8.80. The van der Waals surface area contributed by atoms with Crippen LogP contribution in [0.2, 0.25) is 0 Å². The van der Waals surface area contributed by atoms with E-state index in [2.05, 4.69) is 0 Å². The third kappa shape index (κ3) is 5.84. The lowest BCUT2D eigenvalue weighted by Gasteiger charge is -2.08. The molecule has 1 atom stereocenters. The Morgan fingerprint density at radius 3 is 2.57 bits per heavy atom. The van der Waals surface area contributed by atoms with E-state index in [4.69, 9.17) is 10.8 Å². The molecule has 0 radical (unpaired) electrons. The number of amides is 1. The fraction of sp³-hybridized carbons (Fsp3) is 0.273. The average Bonchev–Trinajstić information content (AvgIpc) is 2.42. The van der Waals surface area contributed by atoms with E-state index >= 15 is 0 Å². The number of carbonyl (C=O) groups excluding carboxylic acids is 1. The summed E-state index contributed by atoms with van der Waals surface area (Å²) in [6.07, 6.45) is 0.737. The smallest absolute Gasteiger partial charge is 0.321 e. The van der Waals surface area contributed by atoms with Gasteiger partial charge in [0.1, 0.15) is 11.6 Å². The maximum atomic E-state index is 11.9. The summed E-state index contributed by atoms with van der Waals surface area (Å²) in [6.45, 7) is 0. The predicted octanol–water partition coefficient (Wildman–Crippen LogP) is -0.212. The van der Waals surface area contributed by atoms with Crippen molar-refractivity contribution in [2.75, 3.05) is 12.0 Å². The minimum Gasteiger partial charge on any atom is -0.480 e. The van der Waals surface area contributed by atoms with Crippen LogP contribution in [0.15, 0.2) is 23.1 Å². The van der Waals surface area contributed by atoms with Gasteiger partial charge < -0.3 is 10.8 Å². The third-order valence-electron chi connectivity index (χ3n) is 2.43. The average molecular weight is 363 g/mol. The first kappa shape index (κ1) is 18.9. The monoisotopic (exact) mass is 363 g/mol. The number of nitrogens with zero attached hydrogens (tertiary/aromatic N) is 1. The Kier molecular flexibility index (Phi) is 6.06. The van der Waals surface area contributed by atoms with Crippen molar-refractivity contribution < 1.29 is 28.0 Å². The van der Waals surface area contributed by atoms with Crippen LogP contribution < -0.4 is 10.5 Å². The lowest BCUT2D eigenvalue weighted by molar-refractivity contribution is -0.385. The number of rotatable bonds is 7. The van der Waals surface area contributed by atoms with Gasteiger partial charge in [-0.2, -0.15) is 0 Å². The van der Waals surface area contributed by atoms with E-state index in [9.17, 15) is 28.1 Å². The molecular formula is C11H13N3O7S2. The predicted molar refractivity (Wildman–Crippen MR) is 81.7 cm³/mol. The van der Waals surface area contributed by atoms with Crippen LogP contribution in [-0.4, -0.2) is 48.4 Å². The number of nitrogens with one attached hydrogen (secondary N) is 1. The number of hydrogen-bond donors (Lipinski definition) is 3. The lowest BCUT2D eigenvalue weighted by Crippen LogP contribution is -2.32. The second-order valence-corrected chi connectivity index (χ2v) is 7.24. The first-order chi connectivity index (χ1) is 10.5. The van der Waals surface area contributed by atoms with Crippen molar-refractivity contribution in [3.05, 3.63) is 33.9 Å². The number of nitrogens with two attached hydrogens (primary N) is 1. The summed E-state index contributed by atoms with van der Waals surface area (Å²) < 4.78 is 23.8. The number of hydrogen-bond acceptors (Lipinski definition) is 8. The van der Waals surface area contributed by atoms with E-state index in [1.54, 1.807) is 4.72 Å². The van der Waals surface area contributed by atoms with Gasteiger partial charge in [-0.25, -0.2) is 13.1 Å². The number of thioether (sulfide) groups is 1. The van der Waals surface area contributed by atoms with Crippen molar-refractivity contribution >= 4 is 39.3 Å². The summed E-state index contributed by atoms with van der Waals surface area (Å²) in [4.78, 5) is 32.9. The fourth-order valence-electron chi connectivity index (χ4n) is 1.43. The molecule has 0 aliphatic rings.